The number of amides is 1. The van der Waals surface area contributed by atoms with E-state index in [0.717, 1.165) is 11.4 Å². The Kier molecular flexibility index (Phi) is 3.70. The van der Waals surface area contributed by atoms with Gasteiger partial charge in [-0.25, -0.2) is 0 Å². The van der Waals surface area contributed by atoms with E-state index in [-0.39, 0.29) is 12.5 Å². The average molecular weight is 299 g/mol. The summed E-state index contributed by atoms with van der Waals surface area (Å²) in [4.78, 5) is 11.2. The monoisotopic (exact) mass is 299 g/mol. The van der Waals surface area contributed by atoms with E-state index >= 15 is 0 Å². The van der Waals surface area contributed by atoms with Crippen molar-refractivity contribution in [3.8, 4) is 5.75 Å². The molecular weight excluding hydrogens is 286 g/mol. The molecule has 6 heteroatoms. The third-order valence-corrected chi connectivity index (χ3v) is 3.11. The Balaban J connectivity index is 1.68. The largest absolute Gasteiger partial charge is 0.482 e. The second-order valence-corrected chi connectivity index (χ2v) is 4.90. The molecular formula is C15H13N3O2S. The molecule has 106 valence electrons. The molecule has 0 saturated carbocycles. The summed E-state index contributed by atoms with van der Waals surface area (Å²) >= 11 is 5.26. The van der Waals surface area contributed by atoms with Gasteiger partial charge in [-0.1, -0.05) is 18.2 Å². The summed E-state index contributed by atoms with van der Waals surface area (Å²) in [5.74, 6) is 0.478. The minimum atomic E-state index is -0.149. The summed E-state index contributed by atoms with van der Waals surface area (Å²) in [7, 11) is 0. The highest BCUT2D eigenvalue weighted by atomic mass is 32.1. The molecule has 3 rings (SSSR count). The lowest BCUT2D eigenvalue weighted by Crippen LogP contribution is -2.25. The lowest BCUT2D eigenvalue weighted by Gasteiger charge is -2.19. The van der Waals surface area contributed by atoms with Gasteiger partial charge >= 0.3 is 0 Å². The predicted molar refractivity (Wildman–Crippen MR) is 86.9 cm³/mol. The summed E-state index contributed by atoms with van der Waals surface area (Å²) < 4.78 is 5.36. The zero-order chi connectivity index (χ0) is 14.7. The lowest BCUT2D eigenvalue weighted by molar-refractivity contribution is -0.118. The van der Waals surface area contributed by atoms with Crippen LogP contribution >= 0.6 is 12.2 Å². The third-order valence-electron chi connectivity index (χ3n) is 2.90. The first kappa shape index (κ1) is 13.4. The van der Waals surface area contributed by atoms with Crippen LogP contribution in [0, 0.1) is 0 Å². The first-order chi connectivity index (χ1) is 10.2. The molecule has 0 aliphatic carbocycles. The van der Waals surface area contributed by atoms with Crippen LogP contribution in [0.25, 0.3) is 0 Å². The van der Waals surface area contributed by atoms with E-state index in [0.29, 0.717) is 16.5 Å². The molecule has 0 spiro atoms. The quantitative estimate of drug-likeness (QED) is 0.744. The van der Waals surface area contributed by atoms with Crippen molar-refractivity contribution in [2.75, 3.05) is 22.6 Å². The summed E-state index contributed by atoms with van der Waals surface area (Å²) in [6, 6.07) is 15.1. The highest BCUT2D eigenvalue weighted by Crippen LogP contribution is 2.30. The normalized spacial score (nSPS) is 12.7. The van der Waals surface area contributed by atoms with Gasteiger partial charge in [-0.2, -0.15) is 0 Å². The summed E-state index contributed by atoms with van der Waals surface area (Å²) in [5.41, 5.74) is 2.37. The number of para-hydroxylation sites is 1. The zero-order valence-corrected chi connectivity index (χ0v) is 11.9. The number of nitrogens with one attached hydrogen (secondary N) is 3. The Morgan fingerprint density at radius 2 is 1.86 bits per heavy atom. The lowest BCUT2D eigenvalue weighted by atomic mass is 10.2. The average Bonchev–Trinajstić information content (AvgIpc) is 2.48. The Labute approximate surface area is 127 Å². The molecule has 1 aliphatic heterocycles. The van der Waals surface area contributed by atoms with Gasteiger partial charge in [-0.3, -0.25) is 4.79 Å². The van der Waals surface area contributed by atoms with Crippen molar-refractivity contribution in [3.05, 3.63) is 48.5 Å². The van der Waals surface area contributed by atoms with Crippen molar-refractivity contribution in [1.82, 2.24) is 0 Å². The topological polar surface area (TPSA) is 62.4 Å². The Hall–Kier alpha value is -2.60. The standard InChI is InChI=1S/C15H13N3O2S/c19-14-9-20-13-8-11(6-7-12(13)18-14)17-15(21)16-10-4-2-1-3-5-10/h1-8H,9H2,(H,18,19)(H2,16,17,21). The molecule has 3 N–H and O–H groups in total. The maximum Gasteiger partial charge on any atom is 0.262 e. The van der Waals surface area contributed by atoms with E-state index in [4.69, 9.17) is 17.0 Å². The summed E-state index contributed by atoms with van der Waals surface area (Å²) in [5, 5.41) is 9.39. The highest BCUT2D eigenvalue weighted by molar-refractivity contribution is 7.80. The minimum Gasteiger partial charge on any atom is -0.482 e. The number of thiocarbonyl (C=S) groups is 1. The van der Waals surface area contributed by atoms with Crippen LogP contribution in [-0.4, -0.2) is 17.6 Å². The van der Waals surface area contributed by atoms with Gasteiger partial charge < -0.3 is 20.7 Å². The van der Waals surface area contributed by atoms with Crippen LogP contribution in [-0.2, 0) is 4.79 Å². The van der Waals surface area contributed by atoms with Crippen LogP contribution in [0.2, 0.25) is 0 Å². The molecule has 0 bridgehead atoms. The van der Waals surface area contributed by atoms with Gasteiger partial charge in [0.15, 0.2) is 11.7 Å². The minimum absolute atomic E-state index is 0.0309. The summed E-state index contributed by atoms with van der Waals surface area (Å²) in [6.45, 7) is 0.0309. The molecule has 0 atom stereocenters. The van der Waals surface area contributed by atoms with Crippen LogP contribution < -0.4 is 20.7 Å². The second-order valence-electron chi connectivity index (χ2n) is 4.49. The molecule has 0 unspecified atom stereocenters. The molecule has 5 nitrogen and oxygen atoms in total. The van der Waals surface area contributed by atoms with Crippen LogP contribution in [0.3, 0.4) is 0 Å². The Morgan fingerprint density at radius 3 is 2.67 bits per heavy atom. The van der Waals surface area contributed by atoms with Crippen molar-refractivity contribution in [2.45, 2.75) is 0 Å². The first-order valence-electron chi connectivity index (χ1n) is 6.40. The number of anilines is 3. The van der Waals surface area contributed by atoms with Crippen molar-refractivity contribution in [3.63, 3.8) is 0 Å². The maximum absolute atomic E-state index is 11.2. The van der Waals surface area contributed by atoms with Gasteiger partial charge in [-0.15, -0.1) is 0 Å². The number of benzene rings is 2. The fraction of sp³-hybridized carbons (Fsp3) is 0.0667. The molecule has 1 aliphatic rings. The van der Waals surface area contributed by atoms with E-state index in [1.807, 2.05) is 36.4 Å². The maximum atomic E-state index is 11.2. The van der Waals surface area contributed by atoms with Gasteiger partial charge in [0.1, 0.15) is 5.75 Å². The molecule has 2 aromatic rings. The number of ether oxygens (including phenoxy) is 1. The Morgan fingerprint density at radius 1 is 1.10 bits per heavy atom. The fourth-order valence-corrected chi connectivity index (χ4v) is 2.20. The number of hydrogen-bond acceptors (Lipinski definition) is 3. The van der Waals surface area contributed by atoms with E-state index in [1.165, 1.54) is 0 Å². The fourth-order valence-electron chi connectivity index (χ4n) is 1.97. The molecule has 2 aromatic carbocycles. The molecule has 1 amide bonds. The number of carbonyl (C=O) groups is 1. The van der Waals surface area contributed by atoms with Gasteiger partial charge in [0.25, 0.3) is 5.91 Å². The molecule has 0 aromatic heterocycles. The highest BCUT2D eigenvalue weighted by Gasteiger charge is 2.16. The van der Waals surface area contributed by atoms with Gasteiger partial charge in [0.2, 0.25) is 0 Å². The van der Waals surface area contributed by atoms with Crippen LogP contribution in [0.5, 0.6) is 5.75 Å². The van der Waals surface area contributed by atoms with E-state index in [2.05, 4.69) is 16.0 Å². The number of hydrogen-bond donors (Lipinski definition) is 3. The number of rotatable bonds is 2. The van der Waals surface area contributed by atoms with Crippen LogP contribution in [0.1, 0.15) is 0 Å². The molecule has 0 saturated heterocycles. The van der Waals surface area contributed by atoms with Crippen molar-refractivity contribution in [2.24, 2.45) is 0 Å². The number of carbonyl (C=O) groups excluding carboxylic acids is 1. The SMILES string of the molecule is O=C1COc2cc(NC(=S)Nc3ccccc3)ccc2N1. The van der Waals surface area contributed by atoms with E-state index < -0.39 is 0 Å². The van der Waals surface area contributed by atoms with Gasteiger partial charge in [0, 0.05) is 17.4 Å². The van der Waals surface area contributed by atoms with Crippen LogP contribution in [0.4, 0.5) is 17.1 Å². The van der Waals surface area contributed by atoms with Crippen molar-refractivity contribution in [1.29, 1.82) is 0 Å². The predicted octanol–water partition coefficient (Wildman–Crippen LogP) is 2.83. The third kappa shape index (κ3) is 3.29. The molecule has 21 heavy (non-hydrogen) atoms. The molecule has 0 fully saturated rings. The van der Waals surface area contributed by atoms with Gasteiger partial charge in [0.05, 0.1) is 5.69 Å². The molecule has 1 heterocycles. The molecule has 0 radical (unpaired) electrons. The summed E-state index contributed by atoms with van der Waals surface area (Å²) in [6.07, 6.45) is 0. The van der Waals surface area contributed by atoms with E-state index in [9.17, 15) is 4.79 Å². The Bertz CT molecular complexity index is 689. The zero-order valence-electron chi connectivity index (χ0n) is 11.1. The first-order valence-corrected chi connectivity index (χ1v) is 6.81. The van der Waals surface area contributed by atoms with Crippen molar-refractivity contribution < 1.29 is 9.53 Å². The van der Waals surface area contributed by atoms with Crippen LogP contribution in [0.15, 0.2) is 48.5 Å². The van der Waals surface area contributed by atoms with Gasteiger partial charge in [-0.05, 0) is 36.5 Å². The second kappa shape index (κ2) is 5.80. The van der Waals surface area contributed by atoms with E-state index in [1.54, 1.807) is 12.1 Å². The van der Waals surface area contributed by atoms with Crippen molar-refractivity contribution >= 4 is 40.3 Å². The smallest absolute Gasteiger partial charge is 0.262 e. The number of fused-ring (bicyclic) bond motifs is 1.